The summed E-state index contributed by atoms with van der Waals surface area (Å²) in [5, 5.41) is 9.87. The highest BCUT2D eigenvalue weighted by atomic mass is 16.5. The number of piperidine rings is 1. The van der Waals surface area contributed by atoms with Gasteiger partial charge in [-0.1, -0.05) is 13.8 Å². The van der Waals surface area contributed by atoms with Gasteiger partial charge in [0.05, 0.1) is 12.2 Å². The first-order chi connectivity index (χ1) is 9.02. The van der Waals surface area contributed by atoms with Gasteiger partial charge in [-0.25, -0.2) is 0 Å². The van der Waals surface area contributed by atoms with Crippen molar-refractivity contribution >= 4 is 5.91 Å². The van der Waals surface area contributed by atoms with Crippen molar-refractivity contribution < 1.29 is 14.6 Å². The highest BCUT2D eigenvalue weighted by Gasteiger charge is 2.36. The summed E-state index contributed by atoms with van der Waals surface area (Å²) in [5.74, 6) is 0.345. The Morgan fingerprint density at radius 1 is 1.26 bits per heavy atom. The van der Waals surface area contributed by atoms with Gasteiger partial charge in [0.1, 0.15) is 0 Å². The van der Waals surface area contributed by atoms with E-state index in [9.17, 15) is 9.90 Å². The van der Waals surface area contributed by atoms with Crippen molar-refractivity contribution in [2.75, 3.05) is 33.3 Å². The van der Waals surface area contributed by atoms with Gasteiger partial charge in [-0.05, 0) is 12.8 Å². The zero-order valence-corrected chi connectivity index (χ0v) is 12.2. The molecule has 0 aliphatic carbocycles. The number of carbonyl (C=O) groups is 1. The minimum Gasteiger partial charge on any atom is -0.389 e. The van der Waals surface area contributed by atoms with E-state index in [1.165, 1.54) is 0 Å². The van der Waals surface area contributed by atoms with Crippen LogP contribution in [0.4, 0.5) is 0 Å². The Morgan fingerprint density at radius 2 is 1.89 bits per heavy atom. The maximum atomic E-state index is 11.9. The van der Waals surface area contributed by atoms with Gasteiger partial charge >= 0.3 is 0 Å². The molecule has 2 heterocycles. The molecule has 5 heteroatoms. The van der Waals surface area contributed by atoms with Gasteiger partial charge in [-0.2, -0.15) is 0 Å². The summed E-state index contributed by atoms with van der Waals surface area (Å²) in [4.78, 5) is 16.2. The van der Waals surface area contributed by atoms with E-state index in [-0.39, 0.29) is 24.0 Å². The molecule has 0 aromatic heterocycles. The van der Waals surface area contributed by atoms with Crippen molar-refractivity contribution in [1.29, 1.82) is 0 Å². The van der Waals surface area contributed by atoms with Crippen molar-refractivity contribution in [3.05, 3.63) is 0 Å². The number of amides is 1. The van der Waals surface area contributed by atoms with Crippen LogP contribution in [0.25, 0.3) is 0 Å². The fourth-order valence-electron chi connectivity index (χ4n) is 3.13. The molecule has 2 rings (SSSR count). The number of nitrogens with zero attached hydrogens (tertiary/aromatic N) is 2. The molecular formula is C14H26N2O3. The van der Waals surface area contributed by atoms with Crippen molar-refractivity contribution in [3.63, 3.8) is 0 Å². The molecule has 0 radical (unpaired) electrons. The quantitative estimate of drug-likeness (QED) is 0.803. The summed E-state index contributed by atoms with van der Waals surface area (Å²) < 4.78 is 5.28. The normalized spacial score (nSPS) is 30.3. The third-order valence-corrected chi connectivity index (χ3v) is 4.35. The molecule has 2 saturated heterocycles. The van der Waals surface area contributed by atoms with E-state index in [1.54, 1.807) is 7.11 Å². The van der Waals surface area contributed by atoms with E-state index in [4.69, 9.17) is 4.74 Å². The molecule has 2 aliphatic heterocycles. The predicted molar refractivity (Wildman–Crippen MR) is 72.8 cm³/mol. The number of likely N-dealkylation sites (tertiary alicyclic amines) is 2. The number of aliphatic hydroxyl groups is 1. The van der Waals surface area contributed by atoms with Crippen LogP contribution >= 0.6 is 0 Å². The number of aliphatic hydroxyl groups excluding tert-OH is 1. The van der Waals surface area contributed by atoms with Crippen molar-refractivity contribution in [1.82, 2.24) is 9.80 Å². The first-order valence-electron chi connectivity index (χ1n) is 7.26. The molecule has 0 bridgehead atoms. The molecule has 2 aliphatic rings. The first kappa shape index (κ1) is 14.8. The Bertz CT molecular complexity index is 314. The van der Waals surface area contributed by atoms with E-state index < -0.39 is 0 Å². The van der Waals surface area contributed by atoms with Crippen LogP contribution in [0.2, 0.25) is 0 Å². The number of methoxy groups -OCH3 is 1. The van der Waals surface area contributed by atoms with Gasteiger partial charge in [0.2, 0.25) is 5.91 Å². The van der Waals surface area contributed by atoms with Gasteiger partial charge < -0.3 is 14.7 Å². The summed E-state index contributed by atoms with van der Waals surface area (Å²) in [6.45, 7) is 7.09. The summed E-state index contributed by atoms with van der Waals surface area (Å²) >= 11 is 0. The van der Waals surface area contributed by atoms with Crippen molar-refractivity contribution in [3.8, 4) is 0 Å². The first-order valence-corrected chi connectivity index (χ1v) is 7.26. The van der Waals surface area contributed by atoms with Gasteiger partial charge in [0.15, 0.2) is 0 Å². The lowest BCUT2D eigenvalue weighted by Crippen LogP contribution is -2.47. The van der Waals surface area contributed by atoms with E-state index >= 15 is 0 Å². The smallest absolute Gasteiger partial charge is 0.225 e. The standard InChI is InChI=1S/C14H26N2O3/c1-10(2)14(18)15-6-4-11(5-7-15)16-8-12(17)13(9-16)19-3/h10-13,17H,4-9H2,1-3H3/t12-,13-/m0/s1. The molecule has 1 amide bonds. The Morgan fingerprint density at radius 3 is 2.37 bits per heavy atom. The lowest BCUT2D eigenvalue weighted by Gasteiger charge is -2.37. The van der Waals surface area contributed by atoms with E-state index in [0.717, 1.165) is 32.5 Å². The second kappa shape index (κ2) is 6.20. The molecule has 2 fully saturated rings. The number of β-amino-alcohol motifs (C(OH)–C–C–N with tert-alkyl or cyclic N) is 1. The van der Waals surface area contributed by atoms with Crippen LogP contribution in [0.5, 0.6) is 0 Å². The van der Waals surface area contributed by atoms with Crippen LogP contribution in [0.15, 0.2) is 0 Å². The number of rotatable bonds is 3. The van der Waals surface area contributed by atoms with Crippen LogP contribution in [0.3, 0.4) is 0 Å². The third-order valence-electron chi connectivity index (χ3n) is 4.35. The molecule has 1 N–H and O–H groups in total. The molecule has 0 saturated carbocycles. The Labute approximate surface area is 115 Å². The zero-order chi connectivity index (χ0) is 14.0. The highest BCUT2D eigenvalue weighted by molar-refractivity contribution is 5.78. The minimum absolute atomic E-state index is 0.0599. The summed E-state index contributed by atoms with van der Waals surface area (Å²) in [5.41, 5.74) is 0. The lowest BCUT2D eigenvalue weighted by atomic mass is 10.0. The lowest BCUT2D eigenvalue weighted by molar-refractivity contribution is -0.136. The second-order valence-corrected chi connectivity index (χ2v) is 6.01. The van der Waals surface area contributed by atoms with Crippen molar-refractivity contribution in [2.45, 2.75) is 44.9 Å². The molecule has 0 spiro atoms. The van der Waals surface area contributed by atoms with Gasteiger partial charge in [-0.15, -0.1) is 0 Å². The van der Waals surface area contributed by atoms with Gasteiger partial charge in [0.25, 0.3) is 0 Å². The average molecular weight is 270 g/mol. The summed E-state index contributed by atoms with van der Waals surface area (Å²) in [6.07, 6.45) is 1.57. The fraction of sp³-hybridized carbons (Fsp3) is 0.929. The number of ether oxygens (including phenoxy) is 1. The fourth-order valence-corrected chi connectivity index (χ4v) is 3.13. The SMILES string of the molecule is CO[C@H]1CN(C2CCN(C(=O)C(C)C)CC2)C[C@@H]1O. The van der Waals surface area contributed by atoms with Crippen molar-refractivity contribution in [2.24, 2.45) is 5.92 Å². The van der Waals surface area contributed by atoms with Gasteiger partial charge in [-0.3, -0.25) is 9.69 Å². The Hall–Kier alpha value is -0.650. The largest absolute Gasteiger partial charge is 0.389 e. The topological polar surface area (TPSA) is 53.0 Å². The zero-order valence-electron chi connectivity index (χ0n) is 12.2. The third kappa shape index (κ3) is 3.27. The molecular weight excluding hydrogens is 244 g/mol. The van der Waals surface area contributed by atoms with Crippen LogP contribution in [0.1, 0.15) is 26.7 Å². The number of hydrogen-bond acceptors (Lipinski definition) is 4. The maximum Gasteiger partial charge on any atom is 0.225 e. The number of carbonyl (C=O) groups excluding carboxylic acids is 1. The molecule has 0 unspecified atom stereocenters. The minimum atomic E-state index is -0.375. The molecule has 0 aromatic rings. The molecule has 5 nitrogen and oxygen atoms in total. The highest BCUT2D eigenvalue weighted by Crippen LogP contribution is 2.23. The van der Waals surface area contributed by atoms with E-state index in [1.807, 2.05) is 18.7 Å². The monoisotopic (exact) mass is 270 g/mol. The molecule has 110 valence electrons. The van der Waals surface area contributed by atoms with Crippen LogP contribution < -0.4 is 0 Å². The Kier molecular flexibility index (Phi) is 4.81. The molecule has 19 heavy (non-hydrogen) atoms. The van der Waals surface area contributed by atoms with Crippen LogP contribution in [0, 0.1) is 5.92 Å². The average Bonchev–Trinajstić information content (AvgIpc) is 2.79. The van der Waals surface area contributed by atoms with Gasteiger partial charge in [0, 0.05) is 45.2 Å². The van der Waals surface area contributed by atoms with Crippen LogP contribution in [-0.2, 0) is 9.53 Å². The summed E-state index contributed by atoms with van der Waals surface area (Å²) in [7, 11) is 1.65. The summed E-state index contributed by atoms with van der Waals surface area (Å²) in [6, 6.07) is 0.478. The second-order valence-electron chi connectivity index (χ2n) is 6.01. The van der Waals surface area contributed by atoms with E-state index in [0.29, 0.717) is 12.6 Å². The number of hydrogen-bond donors (Lipinski definition) is 1. The molecule has 0 aromatic carbocycles. The van der Waals surface area contributed by atoms with E-state index in [2.05, 4.69) is 4.90 Å². The molecule has 2 atom stereocenters. The predicted octanol–water partition coefficient (Wildman–Crippen LogP) is 0.325. The Balaban J connectivity index is 1.82. The van der Waals surface area contributed by atoms with Crippen LogP contribution in [-0.4, -0.2) is 72.4 Å². The maximum absolute atomic E-state index is 11.9.